The van der Waals surface area contributed by atoms with Crippen molar-refractivity contribution in [3.05, 3.63) is 94.9 Å². The van der Waals surface area contributed by atoms with Gasteiger partial charge < -0.3 is 24.4 Å². The number of hydrogen-bond acceptors (Lipinski definition) is 7. The summed E-state index contributed by atoms with van der Waals surface area (Å²) in [5.41, 5.74) is 3.71. The molecule has 0 radical (unpaired) electrons. The van der Waals surface area contributed by atoms with Crippen molar-refractivity contribution in [1.82, 2.24) is 10.3 Å². The normalized spacial score (nSPS) is 11.2. The number of carbonyl (C=O) groups is 1. The molecule has 1 heterocycles. The maximum atomic E-state index is 12.8. The number of ether oxygens (including phenoxy) is 3. The van der Waals surface area contributed by atoms with Gasteiger partial charge in [0.2, 0.25) is 0 Å². The minimum atomic E-state index is -4.78. The number of benzene rings is 3. The summed E-state index contributed by atoms with van der Waals surface area (Å²) >= 11 is 1.43. The largest absolute Gasteiger partial charge is 0.573 e. The Morgan fingerprint density at radius 2 is 1.68 bits per heavy atom. The average Bonchev–Trinajstić information content (AvgIpc) is 3.43. The van der Waals surface area contributed by atoms with Gasteiger partial charge in [-0.1, -0.05) is 24.3 Å². The SMILES string of the molecule is COCCNC(=O)c1ccc(CN(Cc2cccc(OC(F)(F)F)c2)c2nc(-c3ccc(OC)cc3)cs2)cc1. The van der Waals surface area contributed by atoms with E-state index < -0.39 is 6.36 Å². The number of methoxy groups -OCH3 is 2. The molecule has 0 saturated heterocycles. The summed E-state index contributed by atoms with van der Waals surface area (Å²) in [6.07, 6.45) is -4.78. The predicted molar refractivity (Wildman–Crippen MR) is 148 cm³/mol. The van der Waals surface area contributed by atoms with E-state index in [-0.39, 0.29) is 18.2 Å². The second kappa shape index (κ2) is 13.3. The summed E-state index contributed by atoms with van der Waals surface area (Å²) in [6, 6.07) is 20.6. The molecule has 11 heteroatoms. The van der Waals surface area contributed by atoms with Crippen LogP contribution in [0, 0.1) is 0 Å². The third-order valence-electron chi connectivity index (χ3n) is 5.84. The van der Waals surface area contributed by atoms with Crippen LogP contribution in [0.25, 0.3) is 11.3 Å². The highest BCUT2D eigenvalue weighted by Crippen LogP contribution is 2.31. The first-order chi connectivity index (χ1) is 19.2. The molecule has 7 nitrogen and oxygen atoms in total. The summed E-state index contributed by atoms with van der Waals surface area (Å²) in [6.45, 7) is 1.51. The molecule has 0 atom stereocenters. The number of aromatic nitrogens is 1. The number of halogens is 3. The Kier molecular flexibility index (Phi) is 9.62. The van der Waals surface area contributed by atoms with E-state index in [0.29, 0.717) is 36.0 Å². The summed E-state index contributed by atoms with van der Waals surface area (Å²) in [7, 11) is 3.16. The second-order valence-corrected chi connectivity index (χ2v) is 9.58. The highest BCUT2D eigenvalue weighted by Gasteiger charge is 2.31. The zero-order valence-corrected chi connectivity index (χ0v) is 22.7. The number of rotatable bonds is 12. The molecule has 0 bridgehead atoms. The van der Waals surface area contributed by atoms with Gasteiger partial charge in [-0.15, -0.1) is 24.5 Å². The van der Waals surface area contributed by atoms with Gasteiger partial charge >= 0.3 is 6.36 Å². The first kappa shape index (κ1) is 28.9. The number of carbonyl (C=O) groups excluding carboxylic acids is 1. The van der Waals surface area contributed by atoms with E-state index in [1.165, 1.54) is 29.5 Å². The molecule has 1 aromatic heterocycles. The van der Waals surface area contributed by atoms with Crippen LogP contribution in [0.2, 0.25) is 0 Å². The van der Waals surface area contributed by atoms with Gasteiger partial charge in [0.25, 0.3) is 5.91 Å². The molecule has 0 unspecified atom stereocenters. The van der Waals surface area contributed by atoms with Crippen LogP contribution in [-0.2, 0) is 17.8 Å². The molecule has 0 spiro atoms. The zero-order valence-electron chi connectivity index (χ0n) is 21.9. The van der Waals surface area contributed by atoms with E-state index in [9.17, 15) is 18.0 Å². The first-order valence-corrected chi connectivity index (χ1v) is 13.2. The van der Waals surface area contributed by atoms with Crippen molar-refractivity contribution in [1.29, 1.82) is 0 Å². The lowest BCUT2D eigenvalue weighted by Gasteiger charge is -2.23. The molecule has 4 rings (SSSR count). The maximum absolute atomic E-state index is 12.8. The van der Waals surface area contributed by atoms with Gasteiger partial charge in [-0.3, -0.25) is 4.79 Å². The van der Waals surface area contributed by atoms with E-state index in [1.807, 2.05) is 46.7 Å². The fourth-order valence-electron chi connectivity index (χ4n) is 3.91. The third kappa shape index (κ3) is 8.20. The number of nitrogens with one attached hydrogen (secondary N) is 1. The Hall–Kier alpha value is -4.09. The van der Waals surface area contributed by atoms with Crippen molar-refractivity contribution in [2.24, 2.45) is 0 Å². The lowest BCUT2D eigenvalue weighted by molar-refractivity contribution is -0.274. The summed E-state index contributed by atoms with van der Waals surface area (Å²) in [5.74, 6) is 0.246. The lowest BCUT2D eigenvalue weighted by atomic mass is 10.1. The van der Waals surface area contributed by atoms with Crippen LogP contribution in [-0.4, -0.2) is 44.6 Å². The molecular formula is C29H28F3N3O4S. The van der Waals surface area contributed by atoms with Gasteiger partial charge in [0.05, 0.1) is 19.4 Å². The Morgan fingerprint density at radius 3 is 2.35 bits per heavy atom. The molecule has 1 N–H and O–H groups in total. The van der Waals surface area contributed by atoms with E-state index >= 15 is 0 Å². The minimum absolute atomic E-state index is 0.203. The van der Waals surface area contributed by atoms with E-state index in [4.69, 9.17) is 14.5 Å². The summed E-state index contributed by atoms with van der Waals surface area (Å²) in [4.78, 5) is 19.1. The molecule has 0 fully saturated rings. The Balaban J connectivity index is 1.57. The van der Waals surface area contributed by atoms with Gasteiger partial charge in [-0.05, 0) is 59.7 Å². The smallest absolute Gasteiger partial charge is 0.497 e. The number of alkyl halides is 3. The van der Waals surface area contributed by atoms with Gasteiger partial charge in [-0.2, -0.15) is 0 Å². The van der Waals surface area contributed by atoms with E-state index in [1.54, 1.807) is 32.4 Å². The van der Waals surface area contributed by atoms with Crippen LogP contribution in [0.3, 0.4) is 0 Å². The standard InChI is InChI=1S/C29H28F3N3O4S/c1-37-15-14-33-27(36)23-8-6-20(7-9-23)17-35(18-21-4-3-5-25(16-21)39-29(30,31)32)28-34-26(19-40-28)22-10-12-24(38-2)13-11-22/h3-13,16,19H,14-15,17-18H2,1-2H3,(H,33,36). The fraction of sp³-hybridized carbons (Fsp3) is 0.241. The van der Waals surface area contributed by atoms with Crippen molar-refractivity contribution < 1.29 is 32.2 Å². The van der Waals surface area contributed by atoms with Crippen LogP contribution < -0.4 is 19.7 Å². The molecule has 0 aliphatic rings. The Bertz CT molecular complexity index is 1390. The quantitative estimate of drug-likeness (QED) is 0.201. The monoisotopic (exact) mass is 571 g/mol. The van der Waals surface area contributed by atoms with Crippen LogP contribution in [0.15, 0.2) is 78.2 Å². The van der Waals surface area contributed by atoms with Gasteiger partial charge in [0, 0.05) is 43.3 Å². The average molecular weight is 572 g/mol. The van der Waals surface area contributed by atoms with Crippen molar-refractivity contribution in [2.75, 3.05) is 32.3 Å². The number of thiazole rings is 1. The van der Waals surface area contributed by atoms with Crippen molar-refractivity contribution in [3.63, 3.8) is 0 Å². The van der Waals surface area contributed by atoms with Crippen molar-refractivity contribution >= 4 is 22.4 Å². The predicted octanol–water partition coefficient (Wildman–Crippen LogP) is 6.30. The maximum Gasteiger partial charge on any atom is 0.573 e. The van der Waals surface area contributed by atoms with Crippen LogP contribution >= 0.6 is 11.3 Å². The highest BCUT2D eigenvalue weighted by atomic mass is 32.1. The number of nitrogens with zero attached hydrogens (tertiary/aromatic N) is 2. The molecule has 3 aromatic carbocycles. The van der Waals surface area contributed by atoms with Gasteiger partial charge in [0.1, 0.15) is 11.5 Å². The topological polar surface area (TPSA) is 72.9 Å². The summed E-state index contributed by atoms with van der Waals surface area (Å²) in [5, 5.41) is 5.40. The molecule has 0 aliphatic heterocycles. The highest BCUT2D eigenvalue weighted by molar-refractivity contribution is 7.14. The van der Waals surface area contributed by atoms with Crippen LogP contribution in [0.1, 0.15) is 21.5 Å². The molecule has 1 amide bonds. The molecule has 0 saturated carbocycles. The molecule has 4 aromatic rings. The number of hydrogen-bond donors (Lipinski definition) is 1. The minimum Gasteiger partial charge on any atom is -0.497 e. The van der Waals surface area contributed by atoms with Gasteiger partial charge in [0.15, 0.2) is 5.13 Å². The van der Waals surface area contributed by atoms with Crippen molar-refractivity contribution in [2.45, 2.75) is 19.5 Å². The molecule has 40 heavy (non-hydrogen) atoms. The molecular weight excluding hydrogens is 543 g/mol. The Labute approximate surface area is 234 Å². The number of anilines is 1. The number of amides is 1. The third-order valence-corrected chi connectivity index (χ3v) is 6.74. The summed E-state index contributed by atoms with van der Waals surface area (Å²) < 4.78 is 52.7. The first-order valence-electron chi connectivity index (χ1n) is 12.3. The van der Waals surface area contributed by atoms with E-state index in [2.05, 4.69) is 10.1 Å². The lowest BCUT2D eigenvalue weighted by Crippen LogP contribution is -2.27. The van der Waals surface area contributed by atoms with Gasteiger partial charge in [-0.25, -0.2) is 4.98 Å². The van der Waals surface area contributed by atoms with Crippen molar-refractivity contribution in [3.8, 4) is 22.8 Å². The fourth-order valence-corrected chi connectivity index (χ4v) is 4.74. The Morgan fingerprint density at radius 1 is 0.950 bits per heavy atom. The van der Waals surface area contributed by atoms with Crippen LogP contribution in [0.5, 0.6) is 11.5 Å². The zero-order chi connectivity index (χ0) is 28.5. The molecule has 0 aliphatic carbocycles. The second-order valence-electron chi connectivity index (χ2n) is 8.74. The molecule has 210 valence electrons. The van der Waals surface area contributed by atoms with Crippen LogP contribution in [0.4, 0.5) is 18.3 Å². The van der Waals surface area contributed by atoms with E-state index in [0.717, 1.165) is 22.6 Å².